The molecule has 0 aliphatic carbocycles. The second-order valence-corrected chi connectivity index (χ2v) is 6.38. The Morgan fingerprint density at radius 3 is 2.59 bits per heavy atom. The molecule has 2 rings (SSSR count). The third-order valence-corrected chi connectivity index (χ3v) is 4.10. The van der Waals surface area contributed by atoms with Gasteiger partial charge in [-0.15, -0.1) is 0 Å². The van der Waals surface area contributed by atoms with E-state index in [9.17, 15) is 13.2 Å². The molecule has 8 heteroatoms. The molecule has 1 atom stereocenters. The maximum atomic E-state index is 13.1. The number of hydrogen-bond acceptors (Lipinski definition) is 4. The number of H-pyrrole nitrogens is 1. The standard InChI is InChI=1S/C9H10F3N3S2/c1-8(2)4(9(10,11)12)3-5(13)14-7(16)15-6(3)17-8/h4H,1-2H3,(H3,13,14,15,16). The van der Waals surface area contributed by atoms with Gasteiger partial charge in [-0.25, -0.2) is 4.98 Å². The zero-order valence-corrected chi connectivity index (χ0v) is 10.7. The number of thioether (sulfide) groups is 1. The van der Waals surface area contributed by atoms with E-state index >= 15 is 0 Å². The van der Waals surface area contributed by atoms with Crippen LogP contribution in [-0.4, -0.2) is 20.9 Å². The molecule has 1 aliphatic rings. The maximum Gasteiger partial charge on any atom is 0.397 e. The quantitative estimate of drug-likeness (QED) is 0.566. The molecule has 0 spiro atoms. The molecule has 94 valence electrons. The number of alkyl halides is 3. The van der Waals surface area contributed by atoms with Gasteiger partial charge in [-0.1, -0.05) is 11.8 Å². The molecule has 0 bridgehead atoms. The van der Waals surface area contributed by atoms with Crippen molar-refractivity contribution in [2.24, 2.45) is 0 Å². The van der Waals surface area contributed by atoms with Crippen molar-refractivity contribution >= 4 is 29.8 Å². The van der Waals surface area contributed by atoms with Crippen LogP contribution in [0.1, 0.15) is 25.3 Å². The second-order valence-electron chi connectivity index (χ2n) is 4.35. The first kappa shape index (κ1) is 12.7. The number of anilines is 1. The minimum absolute atomic E-state index is 0.0149. The van der Waals surface area contributed by atoms with Crippen LogP contribution >= 0.6 is 24.0 Å². The van der Waals surface area contributed by atoms with Crippen LogP contribution in [-0.2, 0) is 0 Å². The van der Waals surface area contributed by atoms with Crippen molar-refractivity contribution in [3.63, 3.8) is 0 Å². The van der Waals surface area contributed by atoms with Crippen molar-refractivity contribution in [1.29, 1.82) is 0 Å². The molecule has 0 saturated heterocycles. The first-order chi connectivity index (χ1) is 7.63. The molecule has 0 fully saturated rings. The summed E-state index contributed by atoms with van der Waals surface area (Å²) in [5.74, 6) is -1.67. The van der Waals surface area contributed by atoms with Gasteiger partial charge in [0.15, 0.2) is 4.77 Å². The molecule has 3 N–H and O–H groups in total. The van der Waals surface area contributed by atoms with Gasteiger partial charge in [0.2, 0.25) is 0 Å². The van der Waals surface area contributed by atoms with E-state index in [1.165, 1.54) is 13.8 Å². The number of nitrogens with one attached hydrogen (secondary N) is 1. The molecule has 0 saturated carbocycles. The van der Waals surface area contributed by atoms with E-state index in [0.29, 0.717) is 0 Å². The molecule has 2 heterocycles. The Hall–Kier alpha value is -0.760. The van der Waals surface area contributed by atoms with E-state index in [-0.39, 0.29) is 21.2 Å². The van der Waals surface area contributed by atoms with Crippen LogP contribution in [0.3, 0.4) is 0 Å². The average molecular weight is 281 g/mol. The molecule has 3 nitrogen and oxygen atoms in total. The fourth-order valence-electron chi connectivity index (χ4n) is 2.05. The lowest BCUT2D eigenvalue weighted by molar-refractivity contribution is -0.155. The number of nitrogen functional groups attached to an aromatic ring is 1. The first-order valence-corrected chi connectivity index (χ1v) is 6.01. The van der Waals surface area contributed by atoms with Gasteiger partial charge in [-0.2, -0.15) is 13.2 Å². The fourth-order valence-corrected chi connectivity index (χ4v) is 3.65. The summed E-state index contributed by atoms with van der Waals surface area (Å²) in [5, 5.41) is 0.276. The van der Waals surface area contributed by atoms with E-state index < -0.39 is 16.8 Å². The maximum absolute atomic E-state index is 13.1. The van der Waals surface area contributed by atoms with Gasteiger partial charge in [0.1, 0.15) is 16.8 Å². The van der Waals surface area contributed by atoms with Crippen molar-refractivity contribution in [2.75, 3.05) is 5.73 Å². The molecule has 1 aliphatic heterocycles. The second kappa shape index (κ2) is 3.61. The Morgan fingerprint density at radius 1 is 1.47 bits per heavy atom. The molecule has 1 aromatic rings. The van der Waals surface area contributed by atoms with Crippen LogP contribution < -0.4 is 5.73 Å². The van der Waals surface area contributed by atoms with Gasteiger partial charge < -0.3 is 10.7 Å². The minimum atomic E-state index is -4.35. The lowest BCUT2D eigenvalue weighted by Crippen LogP contribution is -2.34. The molecule has 1 aromatic heterocycles. The van der Waals surface area contributed by atoms with Gasteiger partial charge in [0.05, 0.1) is 0 Å². The fraction of sp³-hybridized carbons (Fsp3) is 0.556. The first-order valence-electron chi connectivity index (χ1n) is 4.78. The van der Waals surface area contributed by atoms with Crippen molar-refractivity contribution in [2.45, 2.75) is 35.7 Å². The normalized spacial score (nSPS) is 22.5. The number of rotatable bonds is 0. The highest BCUT2D eigenvalue weighted by molar-refractivity contribution is 8.01. The molecule has 1 unspecified atom stereocenters. The predicted molar refractivity (Wildman–Crippen MR) is 62.6 cm³/mol. The van der Waals surface area contributed by atoms with Crippen LogP contribution in [0, 0.1) is 4.77 Å². The minimum Gasteiger partial charge on any atom is -0.385 e. The van der Waals surface area contributed by atoms with E-state index in [1.807, 2.05) is 0 Å². The lowest BCUT2D eigenvalue weighted by Gasteiger charge is -2.28. The van der Waals surface area contributed by atoms with E-state index in [2.05, 4.69) is 9.97 Å². The third kappa shape index (κ3) is 2.03. The summed E-state index contributed by atoms with van der Waals surface area (Å²) >= 11 is 5.87. The largest absolute Gasteiger partial charge is 0.397 e. The molecule has 0 radical (unpaired) electrons. The number of nitrogens with two attached hydrogens (primary N) is 1. The SMILES string of the molecule is CC1(C)Sc2nc(=S)[nH]c(N)c2C1C(F)(F)F. The van der Waals surface area contributed by atoms with Gasteiger partial charge in [0, 0.05) is 10.3 Å². The van der Waals surface area contributed by atoms with Crippen molar-refractivity contribution in [1.82, 2.24) is 9.97 Å². The van der Waals surface area contributed by atoms with E-state index in [1.54, 1.807) is 0 Å². The summed E-state index contributed by atoms with van der Waals surface area (Å²) in [7, 11) is 0. The highest BCUT2D eigenvalue weighted by Crippen LogP contribution is 2.59. The summed E-state index contributed by atoms with van der Waals surface area (Å²) in [4.78, 5) is 6.39. The lowest BCUT2D eigenvalue weighted by atomic mass is 9.88. The van der Waals surface area contributed by atoms with Gasteiger partial charge in [-0.05, 0) is 26.1 Å². The molecule has 0 aromatic carbocycles. The Bertz CT molecular complexity index is 521. The Balaban J connectivity index is 2.68. The third-order valence-electron chi connectivity index (χ3n) is 2.64. The van der Waals surface area contributed by atoms with Crippen LogP contribution in [0.2, 0.25) is 0 Å². The van der Waals surface area contributed by atoms with Gasteiger partial charge in [-0.3, -0.25) is 0 Å². The Kier molecular flexibility index (Phi) is 2.70. The number of halogens is 3. The highest BCUT2D eigenvalue weighted by atomic mass is 32.2. The summed E-state index contributed by atoms with van der Waals surface area (Å²) in [6.45, 7) is 3.06. The summed E-state index contributed by atoms with van der Waals surface area (Å²) in [5.41, 5.74) is 5.62. The molecular weight excluding hydrogens is 271 g/mol. The van der Waals surface area contributed by atoms with Crippen LogP contribution in [0.5, 0.6) is 0 Å². The zero-order chi connectivity index (χ0) is 13.0. The van der Waals surface area contributed by atoms with Crippen molar-refractivity contribution in [3.8, 4) is 0 Å². The van der Waals surface area contributed by atoms with Gasteiger partial charge >= 0.3 is 6.18 Å². The Morgan fingerprint density at radius 2 is 2.06 bits per heavy atom. The number of aromatic amines is 1. The smallest absolute Gasteiger partial charge is 0.385 e. The molecule has 17 heavy (non-hydrogen) atoms. The average Bonchev–Trinajstić information content (AvgIpc) is 2.33. The number of nitrogens with zero attached hydrogens (tertiary/aromatic N) is 1. The van der Waals surface area contributed by atoms with Crippen LogP contribution in [0.15, 0.2) is 5.03 Å². The van der Waals surface area contributed by atoms with Crippen LogP contribution in [0.25, 0.3) is 0 Å². The number of hydrogen-bond donors (Lipinski definition) is 2. The molecular formula is C9H10F3N3S2. The summed E-state index contributed by atoms with van der Waals surface area (Å²) < 4.78 is 38.3. The van der Waals surface area contributed by atoms with Gasteiger partial charge in [0.25, 0.3) is 0 Å². The number of aromatic nitrogens is 2. The van der Waals surface area contributed by atoms with Crippen molar-refractivity contribution < 1.29 is 13.2 Å². The number of fused-ring (bicyclic) bond motifs is 1. The van der Waals surface area contributed by atoms with Crippen molar-refractivity contribution in [3.05, 3.63) is 10.3 Å². The molecule has 0 amide bonds. The predicted octanol–water partition coefficient (Wildman–Crippen LogP) is 3.25. The van der Waals surface area contributed by atoms with E-state index in [4.69, 9.17) is 18.0 Å². The van der Waals surface area contributed by atoms with E-state index in [0.717, 1.165) is 11.8 Å². The monoisotopic (exact) mass is 281 g/mol. The highest BCUT2D eigenvalue weighted by Gasteiger charge is 2.56. The Labute approximate surface area is 105 Å². The summed E-state index contributed by atoms with van der Waals surface area (Å²) in [6.07, 6.45) is -4.35. The summed E-state index contributed by atoms with van der Waals surface area (Å²) in [6, 6.07) is 0. The van der Waals surface area contributed by atoms with Crippen LogP contribution in [0.4, 0.5) is 19.0 Å². The topological polar surface area (TPSA) is 54.7 Å². The zero-order valence-electron chi connectivity index (χ0n) is 9.05.